The van der Waals surface area contributed by atoms with Crippen LogP contribution in [0.15, 0.2) is 34.4 Å². The van der Waals surface area contributed by atoms with Gasteiger partial charge in [-0.2, -0.15) is 0 Å². The minimum absolute atomic E-state index is 0.293. The van der Waals surface area contributed by atoms with Crippen molar-refractivity contribution in [3.8, 4) is 0 Å². The third-order valence-electron chi connectivity index (χ3n) is 2.91. The third-order valence-corrected chi connectivity index (χ3v) is 3.50. The number of hydrogen-bond acceptors (Lipinski definition) is 5. The molecular weight excluding hydrogens is 352 g/mol. The van der Waals surface area contributed by atoms with Gasteiger partial charge >= 0.3 is 5.97 Å². The van der Waals surface area contributed by atoms with E-state index in [-0.39, 0.29) is 6.10 Å². The molecule has 0 aliphatic carbocycles. The maximum Gasteiger partial charge on any atom is 0.344 e. The van der Waals surface area contributed by atoms with Crippen molar-refractivity contribution in [2.45, 2.75) is 45.7 Å². The SMILES string of the molecule is CCOC(=O)/C(Br)=C\[C@@H]1OC(C)(C)O[C@H]1/C(C)=C/C=C/C=O. The number of esters is 1. The third kappa shape index (κ3) is 5.51. The first-order valence-electron chi connectivity index (χ1n) is 6.99. The van der Waals surface area contributed by atoms with Crippen molar-refractivity contribution in [3.05, 3.63) is 34.4 Å². The molecule has 0 bridgehead atoms. The van der Waals surface area contributed by atoms with Gasteiger partial charge < -0.3 is 14.2 Å². The first kappa shape index (κ1) is 18.8. The Labute approximate surface area is 139 Å². The molecule has 0 spiro atoms. The van der Waals surface area contributed by atoms with Gasteiger partial charge in [-0.15, -0.1) is 0 Å². The van der Waals surface area contributed by atoms with Crippen molar-refractivity contribution >= 4 is 28.2 Å². The van der Waals surface area contributed by atoms with E-state index in [0.717, 1.165) is 5.57 Å². The monoisotopic (exact) mass is 372 g/mol. The fraction of sp³-hybridized carbons (Fsp3) is 0.500. The van der Waals surface area contributed by atoms with Crippen molar-refractivity contribution < 1.29 is 23.8 Å². The van der Waals surface area contributed by atoms with Crippen LogP contribution in [0.2, 0.25) is 0 Å². The quantitative estimate of drug-likeness (QED) is 0.310. The molecule has 0 radical (unpaired) electrons. The van der Waals surface area contributed by atoms with Gasteiger partial charge in [-0.25, -0.2) is 4.79 Å². The van der Waals surface area contributed by atoms with Crippen LogP contribution in [-0.2, 0) is 23.8 Å². The molecule has 0 aromatic rings. The highest BCUT2D eigenvalue weighted by molar-refractivity contribution is 9.12. The molecule has 6 heteroatoms. The van der Waals surface area contributed by atoms with E-state index in [4.69, 9.17) is 14.2 Å². The molecule has 0 unspecified atom stereocenters. The van der Waals surface area contributed by atoms with E-state index in [2.05, 4.69) is 15.9 Å². The average molecular weight is 373 g/mol. The Bertz CT molecular complexity index is 505. The van der Waals surface area contributed by atoms with E-state index < -0.39 is 17.9 Å². The van der Waals surface area contributed by atoms with Gasteiger partial charge in [0.1, 0.15) is 23.0 Å². The molecule has 1 aliphatic rings. The van der Waals surface area contributed by atoms with Crippen LogP contribution in [0.3, 0.4) is 0 Å². The van der Waals surface area contributed by atoms with Crippen LogP contribution in [0.4, 0.5) is 0 Å². The van der Waals surface area contributed by atoms with E-state index in [1.165, 1.54) is 6.08 Å². The number of hydrogen-bond donors (Lipinski definition) is 0. The van der Waals surface area contributed by atoms with Gasteiger partial charge in [0.25, 0.3) is 0 Å². The normalized spacial score (nSPS) is 25.5. The summed E-state index contributed by atoms with van der Waals surface area (Å²) < 4.78 is 16.9. The highest BCUT2D eigenvalue weighted by Gasteiger charge is 2.41. The second-order valence-corrected chi connectivity index (χ2v) is 6.04. The molecule has 1 fully saturated rings. The van der Waals surface area contributed by atoms with Crippen molar-refractivity contribution in [3.63, 3.8) is 0 Å². The molecule has 1 saturated heterocycles. The summed E-state index contributed by atoms with van der Waals surface area (Å²) in [6, 6.07) is 0. The molecule has 0 aromatic heterocycles. The smallest absolute Gasteiger partial charge is 0.344 e. The van der Waals surface area contributed by atoms with Crippen LogP contribution in [0.25, 0.3) is 0 Å². The summed E-state index contributed by atoms with van der Waals surface area (Å²) in [7, 11) is 0. The molecule has 5 nitrogen and oxygen atoms in total. The van der Waals surface area contributed by atoms with Crippen LogP contribution in [0.5, 0.6) is 0 Å². The van der Waals surface area contributed by atoms with E-state index in [9.17, 15) is 9.59 Å². The maximum absolute atomic E-state index is 11.7. The molecule has 1 heterocycles. The molecule has 22 heavy (non-hydrogen) atoms. The zero-order chi connectivity index (χ0) is 16.8. The molecule has 1 aliphatic heterocycles. The number of carbonyl (C=O) groups is 2. The number of rotatable bonds is 6. The van der Waals surface area contributed by atoms with E-state index in [1.807, 2.05) is 6.92 Å². The second-order valence-electron chi connectivity index (χ2n) is 5.19. The largest absolute Gasteiger partial charge is 0.462 e. The van der Waals surface area contributed by atoms with Gasteiger partial charge in [-0.3, -0.25) is 4.79 Å². The molecule has 0 saturated carbocycles. The molecule has 0 N–H and O–H groups in total. The van der Waals surface area contributed by atoms with Gasteiger partial charge in [-0.1, -0.05) is 12.2 Å². The number of aldehydes is 1. The predicted molar refractivity (Wildman–Crippen MR) is 86.4 cm³/mol. The standard InChI is InChI=1S/C16H21BrO5/c1-5-20-15(19)12(17)10-13-14(22-16(3,4)21-13)11(2)8-6-7-9-18/h6-10,13-14H,5H2,1-4H3/b7-6+,11-8+,12-10+/t13-,14-/m0/s1. The summed E-state index contributed by atoms with van der Waals surface area (Å²) in [5, 5.41) is 0. The molecular formula is C16H21BrO5. The Morgan fingerprint density at radius 1 is 1.32 bits per heavy atom. The zero-order valence-electron chi connectivity index (χ0n) is 13.2. The van der Waals surface area contributed by atoms with E-state index in [0.29, 0.717) is 17.4 Å². The number of halogens is 1. The van der Waals surface area contributed by atoms with Crippen molar-refractivity contribution in [2.75, 3.05) is 6.61 Å². The van der Waals surface area contributed by atoms with Crippen molar-refractivity contribution in [2.24, 2.45) is 0 Å². The second kappa shape index (κ2) is 8.41. The Hall–Kier alpha value is -1.24. The topological polar surface area (TPSA) is 61.8 Å². The molecule has 2 atom stereocenters. The minimum Gasteiger partial charge on any atom is -0.462 e. The number of ether oxygens (including phenoxy) is 3. The molecule has 122 valence electrons. The van der Waals surface area contributed by atoms with Gasteiger partial charge in [0.05, 0.1) is 6.61 Å². The summed E-state index contributed by atoms with van der Waals surface area (Å²) in [5.74, 6) is -1.21. The lowest BCUT2D eigenvalue weighted by molar-refractivity contribution is -0.141. The van der Waals surface area contributed by atoms with E-state index >= 15 is 0 Å². The molecule has 1 rings (SSSR count). The summed E-state index contributed by atoms with van der Waals surface area (Å²) in [4.78, 5) is 22.0. The van der Waals surface area contributed by atoms with Crippen molar-refractivity contribution in [1.29, 1.82) is 0 Å². The summed E-state index contributed by atoms with van der Waals surface area (Å²) in [6.45, 7) is 7.53. The Morgan fingerprint density at radius 3 is 2.59 bits per heavy atom. The summed E-state index contributed by atoms with van der Waals surface area (Å²) in [6.07, 6.45) is 6.36. The van der Waals surface area contributed by atoms with E-state index in [1.54, 1.807) is 39.0 Å². The summed E-state index contributed by atoms with van der Waals surface area (Å²) in [5.41, 5.74) is 0.883. The van der Waals surface area contributed by atoms with Crippen LogP contribution in [-0.4, -0.2) is 36.9 Å². The zero-order valence-corrected chi connectivity index (χ0v) is 14.8. The van der Waals surface area contributed by atoms with Crippen LogP contribution in [0.1, 0.15) is 27.7 Å². The Balaban J connectivity index is 2.96. The van der Waals surface area contributed by atoms with Gasteiger partial charge in [0.2, 0.25) is 0 Å². The first-order chi connectivity index (χ1) is 10.3. The van der Waals surface area contributed by atoms with Gasteiger partial charge in [-0.05, 0) is 61.4 Å². The lowest BCUT2D eigenvalue weighted by Gasteiger charge is -2.16. The van der Waals surface area contributed by atoms with Crippen LogP contribution >= 0.6 is 15.9 Å². The van der Waals surface area contributed by atoms with Gasteiger partial charge in [0, 0.05) is 0 Å². The highest BCUT2D eigenvalue weighted by atomic mass is 79.9. The minimum atomic E-state index is -0.767. The van der Waals surface area contributed by atoms with Crippen molar-refractivity contribution in [1.82, 2.24) is 0 Å². The lowest BCUT2D eigenvalue weighted by atomic mass is 10.1. The number of carbonyl (C=O) groups excluding carboxylic acids is 2. The molecule has 0 amide bonds. The molecule has 0 aromatic carbocycles. The van der Waals surface area contributed by atoms with Crippen LogP contribution < -0.4 is 0 Å². The fourth-order valence-electron chi connectivity index (χ4n) is 2.02. The summed E-state index contributed by atoms with van der Waals surface area (Å²) >= 11 is 3.20. The average Bonchev–Trinajstić information content (AvgIpc) is 2.74. The van der Waals surface area contributed by atoms with Gasteiger partial charge in [0.15, 0.2) is 5.79 Å². The highest BCUT2D eigenvalue weighted by Crippen LogP contribution is 2.33. The fourth-order valence-corrected chi connectivity index (χ4v) is 2.40. The Kier molecular flexibility index (Phi) is 7.19. The van der Waals surface area contributed by atoms with Crippen LogP contribution in [0, 0.1) is 0 Å². The maximum atomic E-state index is 11.7. The Morgan fingerprint density at radius 2 is 2.00 bits per heavy atom. The predicted octanol–water partition coefficient (Wildman–Crippen LogP) is 3.05. The lowest BCUT2D eigenvalue weighted by Crippen LogP contribution is -2.23. The number of allylic oxidation sites excluding steroid dienone is 3. The first-order valence-corrected chi connectivity index (χ1v) is 7.78.